The van der Waals surface area contributed by atoms with Crippen LogP contribution in [0.5, 0.6) is 0 Å². The summed E-state index contributed by atoms with van der Waals surface area (Å²) >= 11 is 0. The molecule has 0 saturated carbocycles. The summed E-state index contributed by atoms with van der Waals surface area (Å²) in [6.07, 6.45) is 8.47. The second-order valence-electron chi connectivity index (χ2n) is 5.70. The molecule has 0 radical (unpaired) electrons. The summed E-state index contributed by atoms with van der Waals surface area (Å²) in [7, 11) is 0. The standard InChI is InChI=1S/C23H20/c1-5-7-10-16(3)17(4)21-14-13-19-15-18-11-8-9-12-22(18)23(19)20(21)6-2/h5-14H,1-4,15H2/b10-7-. The Hall–Kier alpha value is -2.86. The van der Waals surface area contributed by atoms with Gasteiger partial charge >= 0.3 is 0 Å². The third-order valence-electron chi connectivity index (χ3n) is 4.35. The minimum absolute atomic E-state index is 0.888. The zero-order chi connectivity index (χ0) is 16.4. The molecular formula is C23H20. The van der Waals surface area contributed by atoms with Crippen LogP contribution >= 0.6 is 0 Å². The van der Waals surface area contributed by atoms with E-state index < -0.39 is 0 Å². The van der Waals surface area contributed by atoms with Gasteiger partial charge in [0.25, 0.3) is 0 Å². The Kier molecular flexibility index (Phi) is 3.99. The lowest BCUT2D eigenvalue weighted by Crippen LogP contribution is -1.94. The van der Waals surface area contributed by atoms with Crippen LogP contribution in [0.4, 0.5) is 0 Å². The van der Waals surface area contributed by atoms with E-state index in [9.17, 15) is 0 Å². The van der Waals surface area contributed by atoms with Gasteiger partial charge in [-0.05, 0) is 50.9 Å². The van der Waals surface area contributed by atoms with Crippen molar-refractivity contribution < 1.29 is 0 Å². The molecule has 0 unspecified atom stereocenters. The molecule has 0 fully saturated rings. The zero-order valence-corrected chi connectivity index (χ0v) is 13.3. The number of allylic oxidation sites excluding steroid dienone is 5. The molecule has 0 heteroatoms. The molecule has 1 aliphatic rings. The Labute approximate surface area is 138 Å². The van der Waals surface area contributed by atoms with Gasteiger partial charge in [-0.15, -0.1) is 0 Å². The van der Waals surface area contributed by atoms with Gasteiger partial charge in [-0.1, -0.05) is 87.0 Å². The van der Waals surface area contributed by atoms with Crippen LogP contribution in [0.1, 0.15) is 22.3 Å². The number of hydrogen-bond donors (Lipinski definition) is 0. The monoisotopic (exact) mass is 296 g/mol. The van der Waals surface area contributed by atoms with Gasteiger partial charge in [0.15, 0.2) is 0 Å². The molecule has 1 aliphatic carbocycles. The Bertz CT molecular complexity index is 860. The van der Waals surface area contributed by atoms with Gasteiger partial charge in [0.2, 0.25) is 0 Å². The lowest BCUT2D eigenvalue weighted by atomic mass is 9.89. The highest BCUT2D eigenvalue weighted by Crippen LogP contribution is 2.42. The SMILES string of the molecule is C=C/C=C\C(=C)C(=C)c1ccc2c(c1C=C)-c1ccccc1C2. The van der Waals surface area contributed by atoms with Crippen molar-refractivity contribution in [3.05, 3.63) is 109 Å². The molecule has 0 nitrogen and oxygen atoms in total. The maximum Gasteiger partial charge on any atom is -0.00132 e. The number of hydrogen-bond acceptors (Lipinski definition) is 0. The summed E-state index contributed by atoms with van der Waals surface area (Å²) < 4.78 is 0. The zero-order valence-electron chi connectivity index (χ0n) is 13.3. The van der Waals surface area contributed by atoms with Gasteiger partial charge < -0.3 is 0 Å². The van der Waals surface area contributed by atoms with E-state index in [2.05, 4.69) is 62.7 Å². The lowest BCUT2D eigenvalue weighted by Gasteiger charge is -2.15. The Morgan fingerprint density at radius 2 is 1.74 bits per heavy atom. The fourth-order valence-electron chi connectivity index (χ4n) is 3.19. The van der Waals surface area contributed by atoms with Gasteiger partial charge in [-0.25, -0.2) is 0 Å². The highest BCUT2D eigenvalue weighted by molar-refractivity contribution is 5.93. The summed E-state index contributed by atoms with van der Waals surface area (Å²) in [5.74, 6) is 0. The van der Waals surface area contributed by atoms with Crippen LogP contribution < -0.4 is 0 Å². The average molecular weight is 296 g/mol. The van der Waals surface area contributed by atoms with Crippen LogP contribution in [0.25, 0.3) is 22.8 Å². The first kappa shape index (κ1) is 15.1. The first-order valence-electron chi connectivity index (χ1n) is 7.71. The van der Waals surface area contributed by atoms with Crippen LogP contribution in [0, 0.1) is 0 Å². The van der Waals surface area contributed by atoms with E-state index in [1.807, 2.05) is 18.2 Å². The molecule has 0 saturated heterocycles. The smallest absolute Gasteiger partial charge is 0.00132 e. The normalized spacial score (nSPS) is 11.8. The van der Waals surface area contributed by atoms with E-state index in [0.717, 1.165) is 28.7 Å². The molecule has 0 aromatic heterocycles. The van der Waals surface area contributed by atoms with E-state index in [4.69, 9.17) is 0 Å². The van der Waals surface area contributed by atoms with Gasteiger partial charge in [0, 0.05) is 0 Å². The highest BCUT2D eigenvalue weighted by Gasteiger charge is 2.22. The van der Waals surface area contributed by atoms with Gasteiger partial charge in [0.1, 0.15) is 0 Å². The molecule has 0 spiro atoms. The van der Waals surface area contributed by atoms with Crippen molar-refractivity contribution in [3.8, 4) is 11.1 Å². The van der Waals surface area contributed by atoms with E-state index in [-0.39, 0.29) is 0 Å². The summed E-state index contributed by atoms with van der Waals surface area (Å²) in [5.41, 5.74) is 9.36. The van der Waals surface area contributed by atoms with Crippen LogP contribution in [-0.2, 0) is 6.42 Å². The second kappa shape index (κ2) is 6.10. The predicted molar refractivity (Wildman–Crippen MR) is 102 cm³/mol. The molecule has 3 rings (SSSR count). The fourth-order valence-corrected chi connectivity index (χ4v) is 3.19. The van der Waals surface area contributed by atoms with Crippen molar-refractivity contribution in [2.45, 2.75) is 6.42 Å². The Balaban J connectivity index is 2.14. The first-order chi connectivity index (χ1) is 11.2. The van der Waals surface area contributed by atoms with Crippen LogP contribution in [0.15, 0.2) is 86.5 Å². The third-order valence-corrected chi connectivity index (χ3v) is 4.35. The van der Waals surface area contributed by atoms with Crippen LogP contribution in [-0.4, -0.2) is 0 Å². The third kappa shape index (κ3) is 2.53. The van der Waals surface area contributed by atoms with Crippen molar-refractivity contribution in [3.63, 3.8) is 0 Å². The Morgan fingerprint density at radius 3 is 2.48 bits per heavy atom. The summed E-state index contributed by atoms with van der Waals surface area (Å²) in [6, 6.07) is 12.9. The molecule has 0 atom stereocenters. The first-order valence-corrected chi connectivity index (χ1v) is 7.71. The molecule has 2 aromatic rings. The summed E-state index contributed by atoms with van der Waals surface area (Å²) in [4.78, 5) is 0. The van der Waals surface area contributed by atoms with Gasteiger partial charge in [0.05, 0.1) is 0 Å². The van der Waals surface area contributed by atoms with Gasteiger partial charge in [-0.2, -0.15) is 0 Å². The fraction of sp³-hybridized carbons (Fsp3) is 0.0435. The molecular weight excluding hydrogens is 276 g/mol. The van der Waals surface area contributed by atoms with Crippen molar-refractivity contribution in [1.82, 2.24) is 0 Å². The molecule has 0 amide bonds. The van der Waals surface area contributed by atoms with E-state index in [0.29, 0.717) is 0 Å². The van der Waals surface area contributed by atoms with Crippen molar-refractivity contribution in [2.24, 2.45) is 0 Å². The molecule has 112 valence electrons. The predicted octanol–water partition coefficient (Wildman–Crippen LogP) is 6.21. The van der Waals surface area contributed by atoms with E-state index in [1.54, 1.807) is 6.08 Å². The largest absolute Gasteiger partial charge is 0.0991 e. The second-order valence-corrected chi connectivity index (χ2v) is 5.70. The van der Waals surface area contributed by atoms with Crippen molar-refractivity contribution >= 4 is 11.6 Å². The van der Waals surface area contributed by atoms with Crippen LogP contribution in [0.3, 0.4) is 0 Å². The molecule has 0 heterocycles. The minimum Gasteiger partial charge on any atom is -0.0991 e. The molecule has 0 N–H and O–H groups in total. The van der Waals surface area contributed by atoms with Crippen molar-refractivity contribution in [1.29, 1.82) is 0 Å². The lowest BCUT2D eigenvalue weighted by molar-refractivity contribution is 1.26. The Morgan fingerprint density at radius 1 is 0.957 bits per heavy atom. The summed E-state index contributed by atoms with van der Waals surface area (Å²) in [5, 5.41) is 0. The number of fused-ring (bicyclic) bond motifs is 3. The maximum atomic E-state index is 4.23. The highest BCUT2D eigenvalue weighted by atomic mass is 14.3. The quantitative estimate of drug-likeness (QED) is 0.491. The molecule has 2 aromatic carbocycles. The molecule has 23 heavy (non-hydrogen) atoms. The molecule has 0 bridgehead atoms. The van der Waals surface area contributed by atoms with Crippen LogP contribution in [0.2, 0.25) is 0 Å². The molecule has 0 aliphatic heterocycles. The average Bonchev–Trinajstić information content (AvgIpc) is 2.96. The van der Waals surface area contributed by atoms with E-state index in [1.165, 1.54) is 22.3 Å². The van der Waals surface area contributed by atoms with E-state index >= 15 is 0 Å². The number of rotatable bonds is 5. The number of benzene rings is 2. The summed E-state index contributed by atoms with van der Waals surface area (Å²) in [6.45, 7) is 16.1. The maximum absolute atomic E-state index is 4.23. The minimum atomic E-state index is 0.888. The van der Waals surface area contributed by atoms with Crippen molar-refractivity contribution in [2.75, 3.05) is 0 Å². The topological polar surface area (TPSA) is 0 Å². The van der Waals surface area contributed by atoms with Gasteiger partial charge in [-0.3, -0.25) is 0 Å².